The number of nitro benzene ring substituents is 1. The number of benzene rings is 2. The molecule has 1 saturated heterocycles. The number of amides is 1. The van der Waals surface area contributed by atoms with Crippen molar-refractivity contribution in [3.05, 3.63) is 79.8 Å². The number of aromatic nitrogens is 2. The molecule has 2 atom stereocenters. The number of carbonyl (C=O) groups is 2. The van der Waals surface area contributed by atoms with Gasteiger partial charge in [0.15, 0.2) is 0 Å². The van der Waals surface area contributed by atoms with E-state index in [1.807, 2.05) is 6.92 Å². The van der Waals surface area contributed by atoms with Gasteiger partial charge < -0.3 is 9.84 Å². The van der Waals surface area contributed by atoms with E-state index in [2.05, 4.69) is 10.2 Å². The van der Waals surface area contributed by atoms with Crippen LogP contribution < -0.4 is 9.64 Å². The number of rotatable bonds is 4. The van der Waals surface area contributed by atoms with Gasteiger partial charge in [-0.05, 0) is 43.2 Å². The molecule has 2 aromatic carbocycles. The van der Waals surface area contributed by atoms with E-state index in [0.29, 0.717) is 28.3 Å². The minimum absolute atomic E-state index is 0.0107. The van der Waals surface area contributed by atoms with Crippen molar-refractivity contribution in [1.82, 2.24) is 10.2 Å². The Bertz CT molecular complexity index is 1400. The predicted octanol–water partition coefficient (Wildman–Crippen LogP) is 3.70. The highest BCUT2D eigenvalue weighted by Gasteiger charge is 2.48. The van der Waals surface area contributed by atoms with Crippen LogP contribution in [0.15, 0.2) is 48.0 Å². The number of aliphatic hydroxyl groups is 1. The largest absolute Gasteiger partial charge is 0.507 e. The van der Waals surface area contributed by atoms with Crippen molar-refractivity contribution >= 4 is 39.6 Å². The molecule has 0 spiro atoms. The van der Waals surface area contributed by atoms with Crippen LogP contribution in [0.2, 0.25) is 0 Å². The molecular weight excluding hydrogens is 460 g/mol. The number of carbonyl (C=O) groups excluding carboxylic acids is 2. The van der Waals surface area contributed by atoms with Crippen LogP contribution >= 0.6 is 11.3 Å². The first kappa shape index (κ1) is 21.7. The molecule has 1 amide bonds. The lowest BCUT2D eigenvalue weighted by Gasteiger charge is -2.22. The van der Waals surface area contributed by atoms with E-state index >= 15 is 0 Å². The lowest BCUT2D eigenvalue weighted by molar-refractivity contribution is -0.384. The van der Waals surface area contributed by atoms with Crippen molar-refractivity contribution in [2.45, 2.75) is 32.4 Å². The maximum absolute atomic E-state index is 13.2. The van der Waals surface area contributed by atoms with E-state index in [1.165, 1.54) is 18.2 Å². The summed E-state index contributed by atoms with van der Waals surface area (Å²) >= 11 is 1.10. The Morgan fingerprint density at radius 1 is 1.24 bits per heavy atom. The van der Waals surface area contributed by atoms with E-state index in [-0.39, 0.29) is 28.3 Å². The first-order valence-electron chi connectivity index (χ1n) is 10.4. The highest BCUT2D eigenvalue weighted by molar-refractivity contribution is 7.15. The minimum atomic E-state index is -1.12. The number of Topliss-reactive ketones (excluding diaryl/α,β-unsaturated/α-hetero) is 1. The lowest BCUT2D eigenvalue weighted by Crippen LogP contribution is -2.29. The molecule has 2 aliphatic rings. The quantitative estimate of drug-likeness (QED) is 0.197. The molecule has 0 bridgehead atoms. The van der Waals surface area contributed by atoms with Gasteiger partial charge in [-0.25, -0.2) is 0 Å². The van der Waals surface area contributed by atoms with Crippen molar-refractivity contribution in [2.24, 2.45) is 0 Å². The molecule has 0 unspecified atom stereocenters. The average Bonchev–Trinajstić information content (AvgIpc) is 3.48. The van der Waals surface area contributed by atoms with Crippen LogP contribution in [-0.2, 0) is 16.0 Å². The van der Waals surface area contributed by atoms with Crippen LogP contribution in [0.25, 0.3) is 5.76 Å². The molecule has 1 fully saturated rings. The second-order valence-corrected chi connectivity index (χ2v) is 9.24. The summed E-state index contributed by atoms with van der Waals surface area (Å²) in [6.07, 6.45) is 0.631. The molecule has 1 aromatic heterocycles. The monoisotopic (exact) mass is 478 g/mol. The zero-order chi connectivity index (χ0) is 24.1. The summed E-state index contributed by atoms with van der Waals surface area (Å²) in [7, 11) is 0. The highest BCUT2D eigenvalue weighted by Crippen LogP contribution is 2.44. The topological polar surface area (TPSA) is 136 Å². The van der Waals surface area contributed by atoms with Gasteiger partial charge in [0, 0.05) is 24.1 Å². The second-order valence-electron chi connectivity index (χ2n) is 8.08. The van der Waals surface area contributed by atoms with Gasteiger partial charge in [0.2, 0.25) is 5.13 Å². The molecule has 0 aliphatic carbocycles. The number of aryl methyl sites for hydroxylation is 1. The van der Waals surface area contributed by atoms with Gasteiger partial charge >= 0.3 is 5.91 Å². The third-order valence-corrected chi connectivity index (χ3v) is 6.57. The van der Waals surface area contributed by atoms with Crippen molar-refractivity contribution in [3.8, 4) is 5.75 Å². The third-order valence-electron chi connectivity index (χ3n) is 5.73. The first-order chi connectivity index (χ1) is 16.2. The van der Waals surface area contributed by atoms with Crippen molar-refractivity contribution < 1.29 is 24.4 Å². The summed E-state index contributed by atoms with van der Waals surface area (Å²) in [5, 5.41) is 31.3. The van der Waals surface area contributed by atoms with Gasteiger partial charge in [-0.1, -0.05) is 23.5 Å². The van der Waals surface area contributed by atoms with E-state index in [0.717, 1.165) is 21.8 Å². The fraction of sp³-hybridized carbons (Fsp3) is 0.217. The molecule has 0 radical (unpaired) electrons. The Morgan fingerprint density at radius 2 is 2.03 bits per heavy atom. The molecule has 1 N–H and O–H groups in total. The van der Waals surface area contributed by atoms with E-state index in [1.54, 1.807) is 31.2 Å². The number of hydrogen-bond donors (Lipinski definition) is 1. The summed E-state index contributed by atoms with van der Waals surface area (Å²) in [6.45, 7) is 3.63. The maximum atomic E-state index is 13.2. The van der Waals surface area contributed by atoms with Gasteiger partial charge in [-0.2, -0.15) is 0 Å². The molecule has 3 aromatic rings. The molecule has 0 saturated carbocycles. The minimum Gasteiger partial charge on any atom is -0.507 e. The van der Waals surface area contributed by atoms with Crippen LogP contribution in [0.5, 0.6) is 5.75 Å². The number of anilines is 1. The number of nitrogens with zero attached hydrogens (tertiary/aromatic N) is 4. The van der Waals surface area contributed by atoms with Crippen LogP contribution in [0.1, 0.15) is 34.7 Å². The van der Waals surface area contributed by atoms with Crippen LogP contribution in [-0.4, -0.2) is 38.0 Å². The summed E-state index contributed by atoms with van der Waals surface area (Å²) in [5.41, 5.74) is 1.13. The smallest absolute Gasteiger partial charge is 0.301 e. The normalized spacial score (nSPS) is 20.9. The van der Waals surface area contributed by atoms with Gasteiger partial charge in [-0.3, -0.25) is 24.6 Å². The number of aliphatic hydroxyl groups excluding tert-OH is 1. The zero-order valence-corrected chi connectivity index (χ0v) is 18.9. The highest BCUT2D eigenvalue weighted by atomic mass is 32.1. The molecule has 11 heteroatoms. The lowest BCUT2D eigenvalue weighted by atomic mass is 9.94. The fourth-order valence-corrected chi connectivity index (χ4v) is 4.98. The number of hydrogen-bond acceptors (Lipinski definition) is 9. The summed E-state index contributed by atoms with van der Waals surface area (Å²) < 4.78 is 5.70. The Kier molecular flexibility index (Phi) is 5.13. The van der Waals surface area contributed by atoms with Gasteiger partial charge in [0.1, 0.15) is 22.6 Å². The Morgan fingerprint density at radius 3 is 2.74 bits per heavy atom. The van der Waals surface area contributed by atoms with E-state index in [4.69, 9.17) is 4.74 Å². The number of ketones is 1. The van der Waals surface area contributed by atoms with Crippen LogP contribution in [0.3, 0.4) is 0 Å². The van der Waals surface area contributed by atoms with Gasteiger partial charge in [-0.15, -0.1) is 10.2 Å². The number of ether oxygens (including phenoxy) is 1. The molecule has 10 nitrogen and oxygen atoms in total. The average molecular weight is 478 g/mol. The van der Waals surface area contributed by atoms with E-state index in [9.17, 15) is 24.8 Å². The van der Waals surface area contributed by atoms with Crippen molar-refractivity contribution in [3.63, 3.8) is 0 Å². The summed E-state index contributed by atoms with van der Waals surface area (Å²) in [4.78, 5) is 38.3. The fourth-order valence-electron chi connectivity index (χ4n) is 4.26. The molecule has 172 valence electrons. The molecular formula is C23H18N4O6S. The molecule has 5 rings (SSSR count). The van der Waals surface area contributed by atoms with Crippen molar-refractivity contribution in [2.75, 3.05) is 4.90 Å². The van der Waals surface area contributed by atoms with Gasteiger partial charge in [0.05, 0.1) is 16.5 Å². The first-order valence-corrected chi connectivity index (χ1v) is 11.2. The maximum Gasteiger partial charge on any atom is 0.301 e. The van der Waals surface area contributed by atoms with E-state index < -0.39 is 22.7 Å². The second kappa shape index (κ2) is 8.03. The molecule has 3 heterocycles. The number of nitro groups is 1. The zero-order valence-electron chi connectivity index (χ0n) is 18.1. The molecule has 34 heavy (non-hydrogen) atoms. The number of non-ortho nitro benzene ring substituents is 1. The number of fused-ring (bicyclic) bond motifs is 1. The third kappa shape index (κ3) is 3.50. The standard InChI is InChI=1S/C23H18N4O6S/c1-11-8-15-9-14(6-7-17(15)33-11)20(28)18-19(13-4-3-5-16(10-13)27(31)32)26(22(30)21(18)29)23-25-24-12(2)34-23/h3-7,9-11,19,28H,8H2,1-2H3/t11-,19-/m1/s1. The summed E-state index contributed by atoms with van der Waals surface area (Å²) in [5.74, 6) is -1.48. The Labute approximate surface area is 197 Å². The van der Waals surface area contributed by atoms with Crippen LogP contribution in [0, 0.1) is 17.0 Å². The SMILES string of the molecule is Cc1nnc(N2C(=O)C(=O)C(=C(O)c3ccc4c(c3)C[C@@H](C)O4)[C@H]2c2cccc([N+](=O)[O-])c2)s1. The summed E-state index contributed by atoms with van der Waals surface area (Å²) in [6, 6.07) is 9.55. The Hall–Kier alpha value is -4.12. The molecule has 2 aliphatic heterocycles. The van der Waals surface area contributed by atoms with Gasteiger partial charge in [0.25, 0.3) is 11.5 Å². The Balaban J connectivity index is 1.70. The predicted molar refractivity (Wildman–Crippen MR) is 123 cm³/mol. The van der Waals surface area contributed by atoms with Crippen LogP contribution in [0.4, 0.5) is 10.8 Å². The van der Waals surface area contributed by atoms with Crippen molar-refractivity contribution in [1.29, 1.82) is 0 Å².